The number of Topliss-reactive ketones (excluding diaryl/α,β-unsaturated/α-hetero) is 1. The number of nitrogens with zero attached hydrogens (tertiary/aromatic N) is 4. The molecule has 4 rings (SSSR count). The van der Waals surface area contributed by atoms with Crippen molar-refractivity contribution in [2.24, 2.45) is 0 Å². The van der Waals surface area contributed by atoms with Crippen LogP contribution in [-0.4, -0.2) is 51.4 Å². The van der Waals surface area contributed by atoms with Crippen molar-refractivity contribution in [3.63, 3.8) is 0 Å². The van der Waals surface area contributed by atoms with Gasteiger partial charge in [-0.2, -0.15) is 11.8 Å². The summed E-state index contributed by atoms with van der Waals surface area (Å²) >= 11 is 5.44. The predicted octanol–water partition coefficient (Wildman–Crippen LogP) is 4.88. The molecule has 0 radical (unpaired) electrons. The van der Waals surface area contributed by atoms with Gasteiger partial charge in [0.15, 0.2) is 11.5 Å². The van der Waals surface area contributed by atoms with E-state index in [0.29, 0.717) is 17.8 Å². The van der Waals surface area contributed by atoms with Crippen LogP contribution < -0.4 is 0 Å². The van der Waals surface area contributed by atoms with Gasteiger partial charge in [-0.3, -0.25) is 14.7 Å². The summed E-state index contributed by atoms with van der Waals surface area (Å²) in [6.07, 6.45) is 1.74. The number of carbonyl (C=O) groups is 1. The molecule has 0 amide bonds. The molecule has 1 aliphatic rings. The van der Waals surface area contributed by atoms with Gasteiger partial charge in [0.05, 0.1) is 29.7 Å². The first kappa shape index (κ1) is 19.2. The maximum absolute atomic E-state index is 13.2. The van der Waals surface area contributed by atoms with Crippen molar-refractivity contribution in [2.45, 2.75) is 6.92 Å². The summed E-state index contributed by atoms with van der Waals surface area (Å²) in [4.78, 5) is 23.5. The monoisotopic (exact) mass is 454 g/mol. The zero-order valence-electron chi connectivity index (χ0n) is 15.5. The van der Waals surface area contributed by atoms with E-state index in [-0.39, 0.29) is 5.78 Å². The smallest absolute Gasteiger partial charge is 0.187 e. The zero-order valence-corrected chi connectivity index (χ0v) is 17.9. The lowest BCUT2D eigenvalue weighted by atomic mass is 10.1. The van der Waals surface area contributed by atoms with Gasteiger partial charge in [-0.05, 0) is 41.1 Å². The van der Waals surface area contributed by atoms with Gasteiger partial charge in [-0.15, -0.1) is 0 Å². The van der Waals surface area contributed by atoms with Crippen molar-refractivity contribution in [3.05, 3.63) is 63.7 Å². The minimum Gasteiger partial charge on any atom is -0.312 e. The van der Waals surface area contributed by atoms with Crippen LogP contribution in [0.4, 0.5) is 5.69 Å². The van der Waals surface area contributed by atoms with Crippen molar-refractivity contribution >= 4 is 50.2 Å². The average molecular weight is 455 g/mol. The molecule has 3 aromatic rings. The molecule has 0 aliphatic carbocycles. The van der Waals surface area contributed by atoms with Gasteiger partial charge in [0, 0.05) is 46.6 Å². The third kappa shape index (κ3) is 3.60. The van der Waals surface area contributed by atoms with Crippen LogP contribution in [0, 0.1) is 13.5 Å². The number of hydrogen-bond donors (Lipinski definition) is 0. The summed E-state index contributed by atoms with van der Waals surface area (Å²) in [6.45, 7) is 11.4. The maximum atomic E-state index is 13.2. The summed E-state index contributed by atoms with van der Waals surface area (Å²) in [7, 11) is 0. The molecule has 0 atom stereocenters. The molecule has 3 heterocycles. The Hall–Kier alpha value is -2.14. The minimum atomic E-state index is 0.112. The van der Waals surface area contributed by atoms with Crippen LogP contribution in [-0.2, 0) is 0 Å². The molecular formula is C21H19BrN4OS. The number of thioether (sulfide) groups is 1. The van der Waals surface area contributed by atoms with Gasteiger partial charge < -0.3 is 4.57 Å². The number of carbonyl (C=O) groups excluding carboxylic acids is 1. The highest BCUT2D eigenvalue weighted by atomic mass is 79.9. The summed E-state index contributed by atoms with van der Waals surface area (Å²) in [5.41, 5.74) is 4.70. The summed E-state index contributed by atoms with van der Waals surface area (Å²) < 4.78 is 2.92. The topological polar surface area (TPSA) is 42.5 Å². The number of fused-ring (bicyclic) bond motifs is 1. The van der Waals surface area contributed by atoms with E-state index < -0.39 is 0 Å². The van der Waals surface area contributed by atoms with Gasteiger partial charge in [-0.25, -0.2) is 4.85 Å². The van der Waals surface area contributed by atoms with Crippen LogP contribution in [0.1, 0.15) is 16.1 Å². The van der Waals surface area contributed by atoms with E-state index in [1.807, 2.05) is 36.9 Å². The standard InChI is InChI=1S/C21H19BrN4OS/c1-14-20(19(27)13-25-7-9-28-10-8-25)21-18(11-15(22)12-24-21)26(14)17-5-3-16(23-2)4-6-17/h3-6,11-12H,7-10,13H2,1H3. The Morgan fingerprint density at radius 3 is 2.68 bits per heavy atom. The van der Waals surface area contributed by atoms with Crippen LogP contribution in [0.3, 0.4) is 0 Å². The lowest BCUT2D eigenvalue weighted by Gasteiger charge is -2.25. The molecule has 1 saturated heterocycles. The Balaban J connectivity index is 1.81. The Bertz CT molecular complexity index is 1080. The van der Waals surface area contributed by atoms with Crippen molar-refractivity contribution < 1.29 is 4.79 Å². The van der Waals surface area contributed by atoms with Gasteiger partial charge in [0.2, 0.25) is 0 Å². The normalized spacial score (nSPS) is 14.9. The first-order valence-corrected chi connectivity index (χ1v) is 11.0. The number of pyridine rings is 1. The molecule has 0 N–H and O–H groups in total. The fourth-order valence-electron chi connectivity index (χ4n) is 3.64. The first-order chi connectivity index (χ1) is 13.6. The minimum absolute atomic E-state index is 0.112. The molecule has 7 heteroatoms. The van der Waals surface area contributed by atoms with E-state index >= 15 is 0 Å². The number of benzene rings is 1. The fourth-order valence-corrected chi connectivity index (χ4v) is 4.94. The molecule has 0 saturated carbocycles. The molecule has 1 fully saturated rings. The van der Waals surface area contributed by atoms with Crippen LogP contribution in [0.5, 0.6) is 0 Å². The second kappa shape index (κ2) is 8.08. The molecule has 0 unspecified atom stereocenters. The number of hydrogen-bond acceptors (Lipinski definition) is 4. The van der Waals surface area contributed by atoms with Gasteiger partial charge in [0.1, 0.15) is 0 Å². The second-order valence-corrected chi connectivity index (χ2v) is 8.90. The molecule has 142 valence electrons. The second-order valence-electron chi connectivity index (χ2n) is 6.76. The Morgan fingerprint density at radius 1 is 1.29 bits per heavy atom. The van der Waals surface area contributed by atoms with Crippen LogP contribution >= 0.6 is 27.7 Å². The van der Waals surface area contributed by atoms with E-state index in [2.05, 4.69) is 35.2 Å². The highest BCUT2D eigenvalue weighted by Gasteiger charge is 2.24. The molecule has 1 aliphatic heterocycles. The van der Waals surface area contributed by atoms with Crippen molar-refractivity contribution in [3.8, 4) is 5.69 Å². The van der Waals surface area contributed by atoms with Crippen molar-refractivity contribution in [2.75, 3.05) is 31.1 Å². The SMILES string of the molecule is [C-]#[N+]c1ccc(-n2c(C)c(C(=O)CN3CCSCC3)c3ncc(Br)cc32)cc1. The lowest BCUT2D eigenvalue weighted by Crippen LogP contribution is -2.36. The molecule has 0 bridgehead atoms. The molecular weight excluding hydrogens is 436 g/mol. The zero-order chi connectivity index (χ0) is 19.7. The average Bonchev–Trinajstić information content (AvgIpc) is 3.00. The fraction of sp³-hybridized carbons (Fsp3) is 0.286. The third-order valence-electron chi connectivity index (χ3n) is 5.00. The lowest BCUT2D eigenvalue weighted by molar-refractivity contribution is 0.0938. The summed E-state index contributed by atoms with van der Waals surface area (Å²) in [5.74, 6) is 2.26. The number of ketones is 1. The molecule has 2 aromatic heterocycles. The van der Waals surface area contributed by atoms with E-state index in [0.717, 1.165) is 51.5 Å². The Morgan fingerprint density at radius 2 is 2.00 bits per heavy atom. The molecule has 0 spiro atoms. The van der Waals surface area contributed by atoms with E-state index in [1.165, 1.54) is 0 Å². The van der Waals surface area contributed by atoms with E-state index in [4.69, 9.17) is 6.57 Å². The largest absolute Gasteiger partial charge is 0.312 e. The van der Waals surface area contributed by atoms with E-state index in [9.17, 15) is 4.79 Å². The highest BCUT2D eigenvalue weighted by Crippen LogP contribution is 2.31. The number of rotatable bonds is 4. The van der Waals surface area contributed by atoms with Gasteiger partial charge >= 0.3 is 0 Å². The third-order valence-corrected chi connectivity index (χ3v) is 6.37. The van der Waals surface area contributed by atoms with Gasteiger partial charge in [-0.1, -0.05) is 12.1 Å². The molecule has 28 heavy (non-hydrogen) atoms. The van der Waals surface area contributed by atoms with Crippen LogP contribution in [0.2, 0.25) is 0 Å². The van der Waals surface area contributed by atoms with Crippen LogP contribution in [0.15, 0.2) is 41.0 Å². The number of aromatic nitrogens is 2. The van der Waals surface area contributed by atoms with Gasteiger partial charge in [0.25, 0.3) is 0 Å². The highest BCUT2D eigenvalue weighted by molar-refractivity contribution is 9.10. The van der Waals surface area contributed by atoms with Crippen molar-refractivity contribution in [1.29, 1.82) is 0 Å². The Labute approximate surface area is 176 Å². The summed E-state index contributed by atoms with van der Waals surface area (Å²) in [5, 5.41) is 0. The van der Waals surface area contributed by atoms with Crippen LogP contribution in [0.25, 0.3) is 21.6 Å². The molecule has 1 aromatic carbocycles. The summed E-state index contributed by atoms with van der Waals surface area (Å²) in [6, 6.07) is 9.41. The Kier molecular flexibility index (Phi) is 5.54. The first-order valence-electron chi connectivity index (χ1n) is 9.06. The quantitative estimate of drug-likeness (QED) is 0.416. The van der Waals surface area contributed by atoms with E-state index in [1.54, 1.807) is 18.3 Å². The molecule has 5 nitrogen and oxygen atoms in total. The number of halogens is 1. The maximum Gasteiger partial charge on any atom is 0.187 e. The van der Waals surface area contributed by atoms with Crippen molar-refractivity contribution in [1.82, 2.24) is 14.5 Å². The predicted molar refractivity (Wildman–Crippen MR) is 118 cm³/mol.